The summed E-state index contributed by atoms with van der Waals surface area (Å²) in [7, 11) is 3.09. The van der Waals surface area contributed by atoms with Crippen molar-refractivity contribution < 1.29 is 23.9 Å². The first-order valence-corrected chi connectivity index (χ1v) is 9.63. The first-order chi connectivity index (χ1) is 14.5. The molecule has 2 aromatic carbocycles. The van der Waals surface area contributed by atoms with Crippen molar-refractivity contribution in [1.82, 2.24) is 5.32 Å². The Hall–Kier alpha value is -3.33. The Balaban J connectivity index is 1.77. The van der Waals surface area contributed by atoms with Crippen LogP contribution in [0.15, 0.2) is 36.4 Å². The molecule has 2 aromatic rings. The number of nitrogens with zero attached hydrogens (tertiary/aromatic N) is 1. The van der Waals surface area contributed by atoms with E-state index in [-0.39, 0.29) is 23.8 Å². The van der Waals surface area contributed by atoms with E-state index in [1.807, 2.05) is 6.07 Å². The van der Waals surface area contributed by atoms with Gasteiger partial charge in [0.05, 0.1) is 24.7 Å². The van der Waals surface area contributed by atoms with Crippen LogP contribution < -0.4 is 20.1 Å². The van der Waals surface area contributed by atoms with Crippen molar-refractivity contribution in [3.63, 3.8) is 0 Å². The summed E-state index contributed by atoms with van der Waals surface area (Å²) in [6.07, 6.45) is 1.62. The van der Waals surface area contributed by atoms with Crippen LogP contribution in [0.3, 0.4) is 0 Å². The van der Waals surface area contributed by atoms with Crippen molar-refractivity contribution in [3.05, 3.63) is 57.6 Å². The van der Waals surface area contributed by atoms with E-state index in [4.69, 9.17) is 14.2 Å². The Bertz CT molecular complexity index is 912. The van der Waals surface area contributed by atoms with Gasteiger partial charge in [0.1, 0.15) is 0 Å². The van der Waals surface area contributed by atoms with Crippen molar-refractivity contribution >= 4 is 17.3 Å². The quantitative estimate of drug-likeness (QED) is 0.503. The van der Waals surface area contributed by atoms with Gasteiger partial charge >= 0.3 is 0 Å². The van der Waals surface area contributed by atoms with Gasteiger partial charge in [-0.3, -0.25) is 14.9 Å². The van der Waals surface area contributed by atoms with Crippen LogP contribution in [-0.2, 0) is 11.3 Å². The summed E-state index contributed by atoms with van der Waals surface area (Å²) < 4.78 is 15.9. The number of hydrogen-bond donors (Lipinski definition) is 2. The molecule has 1 aliphatic heterocycles. The Morgan fingerprint density at radius 2 is 1.87 bits per heavy atom. The highest BCUT2D eigenvalue weighted by atomic mass is 16.6. The number of amides is 1. The average Bonchev–Trinajstić information content (AvgIpc) is 2.78. The molecule has 9 heteroatoms. The molecule has 1 aliphatic rings. The second-order valence-corrected chi connectivity index (χ2v) is 6.89. The molecule has 30 heavy (non-hydrogen) atoms. The molecule has 0 saturated carbocycles. The fourth-order valence-electron chi connectivity index (χ4n) is 3.29. The minimum atomic E-state index is -0.511. The van der Waals surface area contributed by atoms with Gasteiger partial charge in [0.15, 0.2) is 11.5 Å². The lowest BCUT2D eigenvalue weighted by Crippen LogP contribution is -2.30. The number of anilines is 1. The van der Waals surface area contributed by atoms with Gasteiger partial charge in [-0.2, -0.15) is 0 Å². The van der Waals surface area contributed by atoms with Gasteiger partial charge in [0, 0.05) is 43.6 Å². The Morgan fingerprint density at radius 3 is 2.53 bits per heavy atom. The fraction of sp³-hybridized carbons (Fsp3) is 0.381. The monoisotopic (exact) mass is 415 g/mol. The van der Waals surface area contributed by atoms with E-state index in [1.165, 1.54) is 19.2 Å². The Labute approximate surface area is 174 Å². The number of benzene rings is 2. The molecule has 1 saturated heterocycles. The molecule has 0 radical (unpaired) electrons. The standard InChI is InChI=1S/C21H25N3O6/c1-28-19-6-3-14(11-20(19)29-2)13-22-21(25)17-12-16(24(26)27)4-5-18(17)23-15-7-9-30-10-8-15/h3-6,11-12,15,23H,7-10,13H2,1-2H3,(H,22,25). The maximum atomic E-state index is 12.9. The van der Waals surface area contributed by atoms with E-state index in [9.17, 15) is 14.9 Å². The second-order valence-electron chi connectivity index (χ2n) is 6.89. The molecule has 0 aromatic heterocycles. The number of hydrogen-bond acceptors (Lipinski definition) is 7. The third-order valence-electron chi connectivity index (χ3n) is 4.94. The molecule has 2 N–H and O–H groups in total. The fourth-order valence-corrected chi connectivity index (χ4v) is 3.29. The predicted molar refractivity (Wildman–Crippen MR) is 111 cm³/mol. The van der Waals surface area contributed by atoms with E-state index in [0.29, 0.717) is 30.4 Å². The lowest BCUT2D eigenvalue weighted by atomic mass is 10.1. The smallest absolute Gasteiger partial charge is 0.270 e. The summed E-state index contributed by atoms with van der Waals surface area (Å²) in [5, 5.41) is 17.4. The average molecular weight is 415 g/mol. The van der Waals surface area contributed by atoms with Gasteiger partial charge in [-0.25, -0.2) is 0 Å². The predicted octanol–water partition coefficient (Wildman–Crippen LogP) is 3.13. The van der Waals surface area contributed by atoms with Crippen LogP contribution >= 0.6 is 0 Å². The van der Waals surface area contributed by atoms with Crippen molar-refractivity contribution in [1.29, 1.82) is 0 Å². The zero-order chi connectivity index (χ0) is 21.5. The largest absolute Gasteiger partial charge is 0.493 e. The summed E-state index contributed by atoms with van der Waals surface area (Å²) in [4.78, 5) is 23.6. The van der Waals surface area contributed by atoms with E-state index in [2.05, 4.69) is 10.6 Å². The van der Waals surface area contributed by atoms with Gasteiger partial charge in [-0.15, -0.1) is 0 Å². The number of carbonyl (C=O) groups is 1. The lowest BCUT2D eigenvalue weighted by Gasteiger charge is -2.25. The minimum absolute atomic E-state index is 0.135. The lowest BCUT2D eigenvalue weighted by molar-refractivity contribution is -0.384. The molecule has 1 heterocycles. The second kappa shape index (κ2) is 9.93. The first-order valence-electron chi connectivity index (χ1n) is 9.63. The highest BCUT2D eigenvalue weighted by Crippen LogP contribution is 2.28. The first kappa shape index (κ1) is 21.4. The summed E-state index contributed by atoms with van der Waals surface area (Å²) in [5.41, 5.74) is 1.47. The van der Waals surface area contributed by atoms with Crippen molar-refractivity contribution in [2.45, 2.75) is 25.4 Å². The molecule has 0 unspecified atom stereocenters. The van der Waals surface area contributed by atoms with Crippen molar-refractivity contribution in [2.24, 2.45) is 0 Å². The van der Waals surface area contributed by atoms with E-state index < -0.39 is 10.8 Å². The minimum Gasteiger partial charge on any atom is -0.493 e. The van der Waals surface area contributed by atoms with Crippen LogP contribution in [0.2, 0.25) is 0 Å². The van der Waals surface area contributed by atoms with Crippen LogP contribution in [-0.4, -0.2) is 44.3 Å². The summed E-state index contributed by atoms with van der Waals surface area (Å²) in [6.45, 7) is 1.52. The van der Waals surface area contributed by atoms with E-state index in [1.54, 1.807) is 25.3 Å². The Kier molecular flexibility index (Phi) is 7.08. The van der Waals surface area contributed by atoms with Gasteiger partial charge in [-0.05, 0) is 36.6 Å². The molecule has 0 aliphatic carbocycles. The zero-order valence-corrected chi connectivity index (χ0v) is 17.0. The Morgan fingerprint density at radius 1 is 1.13 bits per heavy atom. The molecule has 0 bridgehead atoms. The number of nitrogens with one attached hydrogen (secondary N) is 2. The maximum Gasteiger partial charge on any atom is 0.270 e. The molecular weight excluding hydrogens is 390 g/mol. The number of non-ortho nitro benzene ring substituents is 1. The molecular formula is C21H25N3O6. The van der Waals surface area contributed by atoms with Gasteiger partial charge < -0.3 is 24.8 Å². The molecule has 0 atom stereocenters. The normalized spacial score (nSPS) is 14.1. The highest BCUT2D eigenvalue weighted by Gasteiger charge is 2.20. The number of carbonyl (C=O) groups excluding carboxylic acids is 1. The topological polar surface area (TPSA) is 112 Å². The molecule has 9 nitrogen and oxygen atoms in total. The molecule has 1 amide bonds. The van der Waals surface area contributed by atoms with Crippen LogP contribution in [0.4, 0.5) is 11.4 Å². The molecule has 3 rings (SSSR count). The summed E-state index contributed by atoms with van der Waals surface area (Å²) in [5.74, 6) is 0.749. The highest BCUT2D eigenvalue weighted by molar-refractivity contribution is 6.00. The number of methoxy groups -OCH3 is 2. The molecule has 1 fully saturated rings. The third-order valence-corrected chi connectivity index (χ3v) is 4.94. The third kappa shape index (κ3) is 5.18. The summed E-state index contributed by atoms with van der Waals surface area (Å²) >= 11 is 0. The van der Waals surface area contributed by atoms with Crippen LogP contribution in [0.5, 0.6) is 11.5 Å². The number of nitro benzene ring substituents is 1. The van der Waals surface area contributed by atoms with Gasteiger partial charge in [0.25, 0.3) is 11.6 Å². The van der Waals surface area contributed by atoms with Crippen molar-refractivity contribution in [3.8, 4) is 11.5 Å². The van der Waals surface area contributed by atoms with E-state index >= 15 is 0 Å². The SMILES string of the molecule is COc1ccc(CNC(=O)c2cc([N+](=O)[O-])ccc2NC2CCOCC2)cc1OC. The van der Waals surface area contributed by atoms with Gasteiger partial charge in [0.2, 0.25) is 0 Å². The van der Waals surface area contributed by atoms with E-state index in [0.717, 1.165) is 18.4 Å². The van der Waals surface area contributed by atoms with Crippen LogP contribution in [0.25, 0.3) is 0 Å². The molecule has 160 valence electrons. The van der Waals surface area contributed by atoms with Crippen molar-refractivity contribution in [2.75, 3.05) is 32.8 Å². The van der Waals surface area contributed by atoms with Crippen LogP contribution in [0, 0.1) is 10.1 Å². The summed E-state index contributed by atoms with van der Waals surface area (Å²) in [6, 6.07) is 9.77. The number of nitro groups is 1. The zero-order valence-electron chi connectivity index (χ0n) is 17.0. The number of ether oxygens (including phenoxy) is 3. The number of rotatable bonds is 8. The van der Waals surface area contributed by atoms with Crippen LogP contribution in [0.1, 0.15) is 28.8 Å². The maximum absolute atomic E-state index is 12.9. The molecule has 0 spiro atoms. The van der Waals surface area contributed by atoms with Gasteiger partial charge in [-0.1, -0.05) is 6.07 Å².